The van der Waals surface area contributed by atoms with E-state index in [0.29, 0.717) is 5.06 Å². The number of hydrogen-bond donors (Lipinski definition) is 1. The average Bonchev–Trinajstić information content (AvgIpc) is 2.47. The summed E-state index contributed by atoms with van der Waals surface area (Å²) >= 11 is 0. The summed E-state index contributed by atoms with van der Waals surface area (Å²) in [6.07, 6.45) is 2.97. The highest BCUT2D eigenvalue weighted by Gasteiger charge is 2.43. The molecule has 1 amide bonds. The topological polar surface area (TPSA) is 85.3 Å². The van der Waals surface area contributed by atoms with Crippen molar-refractivity contribution in [1.29, 1.82) is 0 Å². The first-order chi connectivity index (χ1) is 9.94. The molecule has 0 radical (unpaired) electrons. The second-order valence-electron chi connectivity index (χ2n) is 5.14. The van der Waals surface area contributed by atoms with Gasteiger partial charge in [-0.05, 0) is 13.3 Å². The minimum Gasteiger partial charge on any atom is -0.462 e. The lowest BCUT2D eigenvalue weighted by Gasteiger charge is -2.37. The monoisotopic (exact) mass is 303 g/mol. The van der Waals surface area contributed by atoms with E-state index < -0.39 is 17.8 Å². The Morgan fingerprint density at radius 2 is 1.90 bits per heavy atom. The zero-order chi connectivity index (χ0) is 15.9. The van der Waals surface area contributed by atoms with Gasteiger partial charge in [-0.1, -0.05) is 19.8 Å². The number of nitrogens with zero attached hydrogens (tertiary/aromatic N) is 1. The lowest BCUT2D eigenvalue weighted by molar-refractivity contribution is -0.290. The van der Waals surface area contributed by atoms with Gasteiger partial charge in [0.15, 0.2) is 0 Å². The summed E-state index contributed by atoms with van der Waals surface area (Å²) < 4.78 is 15.5. The smallest absolute Gasteiger partial charge is 0.366 e. The zero-order valence-electron chi connectivity index (χ0n) is 13.0. The predicted molar refractivity (Wildman–Crippen MR) is 73.5 cm³/mol. The summed E-state index contributed by atoms with van der Waals surface area (Å²) in [5.74, 6) is -2.44. The molecule has 7 nitrogen and oxygen atoms in total. The molecule has 0 aromatic heterocycles. The van der Waals surface area contributed by atoms with Crippen molar-refractivity contribution in [3.05, 3.63) is 0 Å². The summed E-state index contributed by atoms with van der Waals surface area (Å²) in [4.78, 5) is 23.5. The summed E-state index contributed by atoms with van der Waals surface area (Å²) in [6, 6.07) is -0.610. The molecule has 122 valence electrons. The van der Waals surface area contributed by atoms with E-state index >= 15 is 0 Å². The Hall–Kier alpha value is -1.18. The number of esters is 1. The maximum Gasteiger partial charge on any atom is 0.366 e. The standard InChI is InChI=1S/C14H25NO6/c1-4-6-7-8-12(16)15(18)11-9-20-14(3,21-10-11)13(17)19-5-2/h11,18H,4-10H2,1-3H3. The van der Waals surface area contributed by atoms with Gasteiger partial charge in [0.1, 0.15) is 6.04 Å². The van der Waals surface area contributed by atoms with Crippen LogP contribution in [0.4, 0.5) is 0 Å². The van der Waals surface area contributed by atoms with Crippen molar-refractivity contribution in [3.63, 3.8) is 0 Å². The molecular weight excluding hydrogens is 278 g/mol. The summed E-state index contributed by atoms with van der Waals surface area (Å²) in [7, 11) is 0. The number of carbonyl (C=O) groups excluding carboxylic acids is 2. The molecule has 0 saturated carbocycles. The molecule has 0 spiro atoms. The van der Waals surface area contributed by atoms with Crippen molar-refractivity contribution in [2.24, 2.45) is 0 Å². The molecule has 1 rings (SSSR count). The number of carbonyl (C=O) groups is 2. The van der Waals surface area contributed by atoms with Gasteiger partial charge in [0.05, 0.1) is 19.8 Å². The number of rotatable bonds is 7. The van der Waals surface area contributed by atoms with Gasteiger partial charge >= 0.3 is 5.97 Å². The molecule has 0 aromatic rings. The molecular formula is C14H25NO6. The predicted octanol–water partition coefficient (Wildman–Crippen LogP) is 1.48. The van der Waals surface area contributed by atoms with E-state index in [2.05, 4.69) is 0 Å². The molecule has 0 aromatic carbocycles. The third-order valence-electron chi connectivity index (χ3n) is 3.34. The number of hydroxylamine groups is 2. The number of unbranched alkanes of at least 4 members (excludes halogenated alkanes) is 2. The fourth-order valence-corrected chi connectivity index (χ4v) is 1.97. The van der Waals surface area contributed by atoms with Gasteiger partial charge in [-0.2, -0.15) is 0 Å². The Labute approximate surface area is 125 Å². The molecule has 7 heteroatoms. The summed E-state index contributed by atoms with van der Waals surface area (Å²) in [6.45, 7) is 5.47. The third-order valence-corrected chi connectivity index (χ3v) is 3.34. The SMILES string of the molecule is CCCCCC(=O)N(O)C1COC(C)(C(=O)OCC)OC1. The number of ether oxygens (including phenoxy) is 3. The first-order valence-electron chi connectivity index (χ1n) is 7.40. The van der Waals surface area contributed by atoms with Crippen molar-refractivity contribution < 1.29 is 29.0 Å². The molecule has 0 atom stereocenters. The van der Waals surface area contributed by atoms with Gasteiger partial charge < -0.3 is 14.2 Å². The molecule has 1 aliphatic rings. The summed E-state index contributed by atoms with van der Waals surface area (Å²) in [5, 5.41) is 10.5. The maximum atomic E-state index is 11.8. The Morgan fingerprint density at radius 3 is 2.43 bits per heavy atom. The largest absolute Gasteiger partial charge is 0.462 e. The molecule has 0 unspecified atom stereocenters. The fourth-order valence-electron chi connectivity index (χ4n) is 1.97. The van der Waals surface area contributed by atoms with Crippen LogP contribution in [0.15, 0.2) is 0 Å². The highest BCUT2D eigenvalue weighted by molar-refractivity contribution is 5.77. The van der Waals surface area contributed by atoms with Crippen LogP contribution < -0.4 is 0 Å². The molecule has 0 aliphatic carbocycles. The van der Waals surface area contributed by atoms with E-state index in [9.17, 15) is 14.8 Å². The molecule has 1 heterocycles. The van der Waals surface area contributed by atoms with Crippen LogP contribution in [0.3, 0.4) is 0 Å². The van der Waals surface area contributed by atoms with Crippen LogP contribution in [0.1, 0.15) is 46.5 Å². The molecule has 1 N–H and O–H groups in total. The Kier molecular flexibility index (Phi) is 7.07. The minimum atomic E-state index is -1.47. The lowest BCUT2D eigenvalue weighted by Crippen LogP contribution is -2.55. The van der Waals surface area contributed by atoms with Crippen LogP contribution in [0.2, 0.25) is 0 Å². The third kappa shape index (κ3) is 4.94. The number of hydrogen-bond acceptors (Lipinski definition) is 6. The summed E-state index contributed by atoms with van der Waals surface area (Å²) in [5.41, 5.74) is 0. The first-order valence-corrected chi connectivity index (χ1v) is 7.40. The van der Waals surface area contributed by atoms with Crippen LogP contribution in [0.25, 0.3) is 0 Å². The van der Waals surface area contributed by atoms with Crippen molar-refractivity contribution in [3.8, 4) is 0 Å². The second kappa shape index (κ2) is 8.31. The van der Waals surface area contributed by atoms with Crippen molar-refractivity contribution in [1.82, 2.24) is 5.06 Å². The molecule has 1 saturated heterocycles. The van der Waals surface area contributed by atoms with E-state index in [1.807, 2.05) is 6.92 Å². The molecule has 1 aliphatic heterocycles. The number of amides is 1. The van der Waals surface area contributed by atoms with Crippen molar-refractivity contribution in [2.45, 2.75) is 58.3 Å². The van der Waals surface area contributed by atoms with Gasteiger partial charge in [0.2, 0.25) is 5.91 Å². The molecule has 1 fully saturated rings. The van der Waals surface area contributed by atoms with Crippen LogP contribution in [0.5, 0.6) is 0 Å². The normalized spacial score (nSPS) is 25.4. The van der Waals surface area contributed by atoms with E-state index in [-0.39, 0.29) is 32.1 Å². The van der Waals surface area contributed by atoms with E-state index in [1.54, 1.807) is 6.92 Å². The lowest BCUT2D eigenvalue weighted by atomic mass is 10.2. The fraction of sp³-hybridized carbons (Fsp3) is 0.857. The highest BCUT2D eigenvalue weighted by Crippen LogP contribution is 2.22. The van der Waals surface area contributed by atoms with Crippen LogP contribution in [-0.4, -0.2) is 53.8 Å². The van der Waals surface area contributed by atoms with Gasteiger partial charge in [0, 0.05) is 13.3 Å². The zero-order valence-corrected chi connectivity index (χ0v) is 13.0. The van der Waals surface area contributed by atoms with Gasteiger partial charge in [-0.3, -0.25) is 10.0 Å². The van der Waals surface area contributed by atoms with Crippen molar-refractivity contribution in [2.75, 3.05) is 19.8 Å². The van der Waals surface area contributed by atoms with Gasteiger partial charge in [0.25, 0.3) is 5.79 Å². The highest BCUT2D eigenvalue weighted by atomic mass is 16.7. The van der Waals surface area contributed by atoms with Crippen LogP contribution in [-0.2, 0) is 23.8 Å². The van der Waals surface area contributed by atoms with E-state index in [4.69, 9.17) is 14.2 Å². The molecule has 21 heavy (non-hydrogen) atoms. The van der Waals surface area contributed by atoms with E-state index in [0.717, 1.165) is 19.3 Å². The van der Waals surface area contributed by atoms with Crippen LogP contribution >= 0.6 is 0 Å². The average molecular weight is 303 g/mol. The van der Waals surface area contributed by atoms with E-state index in [1.165, 1.54) is 6.92 Å². The Bertz CT molecular complexity index is 351. The maximum absolute atomic E-state index is 11.8. The Balaban J connectivity index is 2.44. The quantitative estimate of drug-likeness (QED) is 0.332. The van der Waals surface area contributed by atoms with Gasteiger partial charge in [-0.15, -0.1) is 0 Å². The first kappa shape index (κ1) is 17.9. The van der Waals surface area contributed by atoms with Crippen molar-refractivity contribution >= 4 is 11.9 Å². The van der Waals surface area contributed by atoms with Gasteiger partial charge in [-0.25, -0.2) is 9.86 Å². The second-order valence-corrected chi connectivity index (χ2v) is 5.14. The Morgan fingerprint density at radius 1 is 1.29 bits per heavy atom. The van der Waals surface area contributed by atoms with Crippen LogP contribution in [0, 0.1) is 0 Å². The minimum absolute atomic E-state index is 0.0192. The molecule has 0 bridgehead atoms.